The highest BCUT2D eigenvalue weighted by molar-refractivity contribution is 7.80. The maximum Gasteiger partial charge on any atom is 0.232 e. The molecule has 0 aliphatic heterocycles. The maximum atomic E-state index is 12.9. The summed E-state index contributed by atoms with van der Waals surface area (Å²) in [6.45, 7) is 0. The minimum Gasteiger partial charge on any atom is -0.330 e. The van der Waals surface area contributed by atoms with Gasteiger partial charge in [-0.3, -0.25) is 4.79 Å². The summed E-state index contributed by atoms with van der Waals surface area (Å²) in [5, 5.41) is 6.54. The van der Waals surface area contributed by atoms with E-state index in [9.17, 15) is 4.79 Å². The molecule has 0 unspecified atom stereocenters. The van der Waals surface area contributed by atoms with E-state index in [2.05, 4.69) is 15.6 Å². The Balaban J connectivity index is 1.44. The fraction of sp³-hybridized carbons (Fsp3) is 0.588. The number of amides is 1. The molecule has 1 aromatic rings. The molecular formula is C17H20ClN3OS. The van der Waals surface area contributed by atoms with Crippen LogP contribution < -0.4 is 10.6 Å². The number of hydrogen-bond donors (Lipinski definition) is 2. The zero-order chi connectivity index (χ0) is 16.0. The summed E-state index contributed by atoms with van der Waals surface area (Å²) >= 11 is 11.3. The molecule has 4 bridgehead atoms. The Morgan fingerprint density at radius 2 is 1.83 bits per heavy atom. The molecule has 23 heavy (non-hydrogen) atoms. The third-order valence-electron chi connectivity index (χ3n) is 5.75. The van der Waals surface area contributed by atoms with E-state index in [1.807, 2.05) is 0 Å². The summed E-state index contributed by atoms with van der Waals surface area (Å²) < 4.78 is 0. The van der Waals surface area contributed by atoms with E-state index in [4.69, 9.17) is 23.8 Å². The van der Waals surface area contributed by atoms with Crippen LogP contribution in [0, 0.1) is 23.2 Å². The Morgan fingerprint density at radius 1 is 1.22 bits per heavy atom. The Morgan fingerprint density at radius 3 is 2.39 bits per heavy atom. The van der Waals surface area contributed by atoms with Crippen LogP contribution in [0.25, 0.3) is 0 Å². The Kier molecular flexibility index (Phi) is 3.81. The van der Waals surface area contributed by atoms with Crippen LogP contribution in [0.15, 0.2) is 18.3 Å². The van der Waals surface area contributed by atoms with Gasteiger partial charge in [-0.25, -0.2) is 4.98 Å². The summed E-state index contributed by atoms with van der Waals surface area (Å²) in [5.41, 5.74) is 0.421. The standard InChI is InChI=1S/C17H20ClN3OS/c18-14-13(2-1-3-19-14)20-16(23)21-15(22)17-7-10-4-11(8-17)6-12(5-10)9-17/h1-3,10-12H,4-9H2,(H2,20,21,22,23). The van der Waals surface area contributed by atoms with Crippen LogP contribution in [0.5, 0.6) is 0 Å². The number of hydrogen-bond acceptors (Lipinski definition) is 3. The predicted molar refractivity (Wildman–Crippen MR) is 94.2 cm³/mol. The molecule has 0 radical (unpaired) electrons. The van der Waals surface area contributed by atoms with Crippen LogP contribution in [-0.4, -0.2) is 16.0 Å². The highest BCUT2D eigenvalue weighted by Gasteiger charge is 2.54. The Hall–Kier alpha value is -1.20. The molecule has 4 fully saturated rings. The average Bonchev–Trinajstić information content (AvgIpc) is 2.48. The number of thiocarbonyl (C=S) groups is 1. The lowest BCUT2D eigenvalue weighted by atomic mass is 9.49. The monoisotopic (exact) mass is 349 g/mol. The van der Waals surface area contributed by atoms with E-state index < -0.39 is 0 Å². The molecule has 0 aromatic carbocycles. The van der Waals surface area contributed by atoms with Crippen LogP contribution in [-0.2, 0) is 4.79 Å². The van der Waals surface area contributed by atoms with E-state index in [1.165, 1.54) is 19.3 Å². The topological polar surface area (TPSA) is 54.0 Å². The number of nitrogens with one attached hydrogen (secondary N) is 2. The minimum absolute atomic E-state index is 0.0918. The normalized spacial score (nSPS) is 34.2. The molecule has 5 rings (SSSR count). The van der Waals surface area contributed by atoms with Crippen LogP contribution in [0.2, 0.25) is 5.15 Å². The smallest absolute Gasteiger partial charge is 0.232 e. The fourth-order valence-electron chi connectivity index (χ4n) is 5.26. The molecule has 6 heteroatoms. The molecule has 1 amide bonds. The van der Waals surface area contributed by atoms with Gasteiger partial charge in [0.15, 0.2) is 10.3 Å². The largest absolute Gasteiger partial charge is 0.330 e. The average molecular weight is 350 g/mol. The number of nitrogens with zero attached hydrogens (tertiary/aromatic N) is 1. The van der Waals surface area contributed by atoms with E-state index >= 15 is 0 Å². The van der Waals surface area contributed by atoms with E-state index in [0.29, 0.717) is 16.0 Å². The van der Waals surface area contributed by atoms with Gasteiger partial charge in [0.1, 0.15) is 0 Å². The van der Waals surface area contributed by atoms with Gasteiger partial charge in [-0.1, -0.05) is 11.6 Å². The van der Waals surface area contributed by atoms with Crippen molar-refractivity contribution in [3.63, 3.8) is 0 Å². The van der Waals surface area contributed by atoms with Gasteiger partial charge >= 0.3 is 0 Å². The second-order valence-corrected chi connectivity index (χ2v) is 8.21. The molecular weight excluding hydrogens is 330 g/mol. The number of aromatic nitrogens is 1. The van der Waals surface area contributed by atoms with Crippen molar-refractivity contribution in [2.45, 2.75) is 38.5 Å². The Bertz CT molecular complexity index is 628. The summed E-state index contributed by atoms with van der Waals surface area (Å²) in [6, 6.07) is 3.57. The number of pyridine rings is 1. The number of halogens is 1. The number of rotatable bonds is 2. The van der Waals surface area contributed by atoms with Crippen LogP contribution in [0.3, 0.4) is 0 Å². The van der Waals surface area contributed by atoms with Crippen LogP contribution >= 0.6 is 23.8 Å². The SMILES string of the molecule is O=C(NC(=S)Nc1cccnc1Cl)C12CC3CC(CC(C3)C1)C2. The molecule has 0 saturated heterocycles. The van der Waals surface area contributed by atoms with Gasteiger partial charge in [0.2, 0.25) is 5.91 Å². The molecule has 4 nitrogen and oxygen atoms in total. The molecule has 1 heterocycles. The van der Waals surface area contributed by atoms with E-state index in [1.54, 1.807) is 18.3 Å². The molecule has 0 spiro atoms. The maximum absolute atomic E-state index is 12.9. The lowest BCUT2D eigenvalue weighted by Crippen LogP contribution is -2.55. The second-order valence-electron chi connectivity index (χ2n) is 7.45. The van der Waals surface area contributed by atoms with Crippen molar-refractivity contribution >= 4 is 40.5 Å². The van der Waals surface area contributed by atoms with Crippen molar-refractivity contribution in [1.29, 1.82) is 0 Å². The fourth-order valence-corrected chi connectivity index (χ4v) is 5.63. The van der Waals surface area contributed by atoms with Crippen molar-refractivity contribution in [3.05, 3.63) is 23.5 Å². The summed E-state index contributed by atoms with van der Waals surface area (Å²) in [6.07, 6.45) is 8.66. The van der Waals surface area contributed by atoms with Gasteiger partial charge in [-0.05, 0) is 80.6 Å². The van der Waals surface area contributed by atoms with Crippen LogP contribution in [0.1, 0.15) is 38.5 Å². The molecule has 0 atom stereocenters. The van der Waals surface area contributed by atoms with Gasteiger partial charge in [0.05, 0.1) is 11.1 Å². The van der Waals surface area contributed by atoms with Crippen molar-refractivity contribution in [3.8, 4) is 0 Å². The van der Waals surface area contributed by atoms with Gasteiger partial charge < -0.3 is 10.6 Å². The molecule has 4 saturated carbocycles. The van der Waals surface area contributed by atoms with Crippen molar-refractivity contribution < 1.29 is 4.79 Å². The van der Waals surface area contributed by atoms with Crippen LogP contribution in [0.4, 0.5) is 5.69 Å². The zero-order valence-corrected chi connectivity index (χ0v) is 14.4. The van der Waals surface area contributed by atoms with Crippen molar-refractivity contribution in [1.82, 2.24) is 10.3 Å². The highest BCUT2D eigenvalue weighted by Crippen LogP contribution is 2.60. The molecule has 4 aliphatic carbocycles. The summed E-state index contributed by atoms with van der Waals surface area (Å²) in [7, 11) is 0. The quantitative estimate of drug-likeness (QED) is 0.630. The number of carbonyl (C=O) groups excluding carboxylic acids is 1. The first kappa shape index (κ1) is 15.3. The van der Waals surface area contributed by atoms with Crippen molar-refractivity contribution in [2.24, 2.45) is 23.2 Å². The lowest BCUT2D eigenvalue weighted by molar-refractivity contribution is -0.144. The zero-order valence-electron chi connectivity index (χ0n) is 12.8. The number of carbonyl (C=O) groups is 1. The van der Waals surface area contributed by atoms with Gasteiger partial charge in [-0.2, -0.15) is 0 Å². The third-order valence-corrected chi connectivity index (χ3v) is 6.26. The molecule has 4 aliphatic rings. The van der Waals surface area contributed by atoms with Gasteiger partial charge in [-0.15, -0.1) is 0 Å². The lowest BCUT2D eigenvalue weighted by Gasteiger charge is -2.55. The predicted octanol–water partition coefficient (Wildman–Crippen LogP) is 3.76. The number of anilines is 1. The molecule has 122 valence electrons. The van der Waals surface area contributed by atoms with E-state index in [-0.39, 0.29) is 11.3 Å². The molecule has 2 N–H and O–H groups in total. The first-order valence-electron chi connectivity index (χ1n) is 8.27. The van der Waals surface area contributed by atoms with Gasteiger partial charge in [0, 0.05) is 6.20 Å². The highest BCUT2D eigenvalue weighted by atomic mass is 35.5. The minimum atomic E-state index is -0.195. The first-order valence-corrected chi connectivity index (χ1v) is 9.06. The summed E-state index contributed by atoms with van der Waals surface area (Å²) in [5.74, 6) is 2.30. The van der Waals surface area contributed by atoms with E-state index in [0.717, 1.165) is 37.0 Å². The second kappa shape index (κ2) is 5.71. The van der Waals surface area contributed by atoms with Gasteiger partial charge in [0.25, 0.3) is 0 Å². The van der Waals surface area contributed by atoms with Crippen molar-refractivity contribution in [2.75, 3.05) is 5.32 Å². The Labute approximate surface area is 146 Å². The molecule has 1 aromatic heterocycles. The first-order chi connectivity index (χ1) is 11.0. The summed E-state index contributed by atoms with van der Waals surface area (Å²) in [4.78, 5) is 16.9. The third kappa shape index (κ3) is 2.85.